The van der Waals surface area contributed by atoms with Gasteiger partial charge in [-0.05, 0) is 24.6 Å². The molecule has 0 aliphatic heterocycles. The number of benzene rings is 1. The highest BCUT2D eigenvalue weighted by Gasteiger charge is 2.08. The summed E-state index contributed by atoms with van der Waals surface area (Å²) in [7, 11) is 0. The minimum atomic E-state index is -0.407. The predicted molar refractivity (Wildman–Crippen MR) is 72.6 cm³/mol. The van der Waals surface area contributed by atoms with E-state index in [1.807, 2.05) is 24.4 Å². The van der Waals surface area contributed by atoms with Crippen LogP contribution < -0.4 is 11.4 Å². The van der Waals surface area contributed by atoms with E-state index in [1.54, 1.807) is 0 Å². The Morgan fingerprint density at radius 1 is 1.33 bits per heavy atom. The van der Waals surface area contributed by atoms with Gasteiger partial charge in [-0.15, -0.1) is 0 Å². The van der Waals surface area contributed by atoms with Gasteiger partial charge in [-0.1, -0.05) is 6.92 Å². The molecule has 0 saturated heterocycles. The Morgan fingerprint density at radius 3 is 2.94 bits per heavy atom. The lowest BCUT2D eigenvalue weighted by atomic mass is 10.1. The van der Waals surface area contributed by atoms with Crippen LogP contribution in [-0.2, 0) is 6.54 Å². The molecule has 1 aromatic carbocycles. The minimum Gasteiger partial charge on any atom is -0.383 e. The van der Waals surface area contributed by atoms with Gasteiger partial charge in [-0.2, -0.15) is 4.98 Å². The van der Waals surface area contributed by atoms with Crippen LogP contribution in [0.3, 0.4) is 0 Å². The molecule has 18 heavy (non-hydrogen) atoms. The fraction of sp³-hybridized carbons (Fsp3) is 0.231. The van der Waals surface area contributed by atoms with E-state index in [9.17, 15) is 4.79 Å². The van der Waals surface area contributed by atoms with Crippen molar-refractivity contribution in [2.75, 3.05) is 5.73 Å². The van der Waals surface area contributed by atoms with Crippen molar-refractivity contribution in [1.82, 2.24) is 14.5 Å². The van der Waals surface area contributed by atoms with Crippen LogP contribution in [0.2, 0.25) is 0 Å². The first-order valence-corrected chi connectivity index (χ1v) is 5.98. The van der Waals surface area contributed by atoms with E-state index in [4.69, 9.17) is 5.73 Å². The number of H-pyrrole nitrogens is 1. The first-order valence-electron chi connectivity index (χ1n) is 5.98. The minimum absolute atomic E-state index is 0.277. The molecule has 0 aliphatic rings. The zero-order valence-corrected chi connectivity index (χ0v) is 10.1. The number of aromatic amines is 1. The number of rotatable bonds is 2. The standard InChI is InChI=1S/C13H14N4O/c1-2-6-17-7-5-8-10(17)4-3-9-11(8)15-13(18)16-12(9)14/h3-5,7H,2,6H2,1H3,(H3,14,15,16,18). The molecular formula is C13H14N4O. The summed E-state index contributed by atoms with van der Waals surface area (Å²) in [6.45, 7) is 3.09. The number of anilines is 1. The molecule has 3 N–H and O–H groups in total. The van der Waals surface area contributed by atoms with Crippen molar-refractivity contribution in [1.29, 1.82) is 0 Å². The second-order valence-electron chi connectivity index (χ2n) is 4.36. The second kappa shape index (κ2) is 3.87. The van der Waals surface area contributed by atoms with Crippen LogP contribution in [0.5, 0.6) is 0 Å². The quantitative estimate of drug-likeness (QED) is 0.720. The molecule has 0 aliphatic carbocycles. The Labute approximate surface area is 103 Å². The lowest BCUT2D eigenvalue weighted by molar-refractivity contribution is 0.704. The number of fused-ring (bicyclic) bond motifs is 3. The Kier molecular flexibility index (Phi) is 2.33. The van der Waals surface area contributed by atoms with Gasteiger partial charge in [0.15, 0.2) is 0 Å². The van der Waals surface area contributed by atoms with Crippen LogP contribution in [0.15, 0.2) is 29.2 Å². The van der Waals surface area contributed by atoms with Crippen molar-refractivity contribution < 1.29 is 0 Å². The molecule has 5 heteroatoms. The summed E-state index contributed by atoms with van der Waals surface area (Å²) in [4.78, 5) is 17.9. The van der Waals surface area contributed by atoms with Crippen molar-refractivity contribution in [2.45, 2.75) is 19.9 Å². The monoisotopic (exact) mass is 242 g/mol. The number of nitrogens with zero attached hydrogens (tertiary/aromatic N) is 2. The molecule has 0 saturated carbocycles. The molecule has 2 aromatic heterocycles. The van der Waals surface area contributed by atoms with E-state index in [0.29, 0.717) is 0 Å². The first kappa shape index (κ1) is 10.8. The number of hydrogen-bond acceptors (Lipinski definition) is 3. The molecule has 2 heterocycles. The summed E-state index contributed by atoms with van der Waals surface area (Å²) in [6.07, 6.45) is 3.10. The third kappa shape index (κ3) is 1.48. The summed E-state index contributed by atoms with van der Waals surface area (Å²) in [5, 5.41) is 1.79. The molecule has 0 bridgehead atoms. The number of nitrogens with two attached hydrogens (primary N) is 1. The van der Waals surface area contributed by atoms with Gasteiger partial charge < -0.3 is 15.3 Å². The van der Waals surface area contributed by atoms with E-state index >= 15 is 0 Å². The van der Waals surface area contributed by atoms with Crippen molar-refractivity contribution in [3.8, 4) is 0 Å². The van der Waals surface area contributed by atoms with E-state index < -0.39 is 5.69 Å². The van der Waals surface area contributed by atoms with Crippen molar-refractivity contribution >= 4 is 27.6 Å². The number of nitrogen functional groups attached to an aromatic ring is 1. The smallest absolute Gasteiger partial charge is 0.347 e. The zero-order valence-electron chi connectivity index (χ0n) is 10.1. The van der Waals surface area contributed by atoms with Crippen LogP contribution in [0.1, 0.15) is 13.3 Å². The lowest BCUT2D eigenvalue weighted by Gasteiger charge is -2.05. The van der Waals surface area contributed by atoms with Gasteiger partial charge in [-0.25, -0.2) is 4.79 Å². The fourth-order valence-electron chi connectivity index (χ4n) is 2.36. The maximum Gasteiger partial charge on any atom is 0.347 e. The highest BCUT2D eigenvalue weighted by molar-refractivity contribution is 6.07. The van der Waals surface area contributed by atoms with E-state index in [2.05, 4.69) is 21.5 Å². The Hall–Kier alpha value is -2.30. The third-order valence-corrected chi connectivity index (χ3v) is 3.15. The molecule has 0 amide bonds. The number of aromatic nitrogens is 3. The molecular weight excluding hydrogens is 228 g/mol. The van der Waals surface area contributed by atoms with Crippen LogP contribution >= 0.6 is 0 Å². The summed E-state index contributed by atoms with van der Waals surface area (Å²) in [5.74, 6) is 0.277. The molecule has 0 radical (unpaired) electrons. The summed E-state index contributed by atoms with van der Waals surface area (Å²) in [6, 6.07) is 5.93. The van der Waals surface area contributed by atoms with Gasteiger partial charge in [0.2, 0.25) is 0 Å². The Morgan fingerprint density at radius 2 is 2.17 bits per heavy atom. The second-order valence-corrected chi connectivity index (χ2v) is 4.36. The first-order chi connectivity index (χ1) is 8.70. The van der Waals surface area contributed by atoms with Crippen molar-refractivity contribution in [2.24, 2.45) is 0 Å². The lowest BCUT2D eigenvalue weighted by Crippen LogP contribution is -2.12. The molecule has 0 spiro atoms. The average Bonchev–Trinajstić information content (AvgIpc) is 2.73. The molecule has 92 valence electrons. The van der Waals surface area contributed by atoms with Crippen LogP contribution in [-0.4, -0.2) is 14.5 Å². The van der Waals surface area contributed by atoms with Crippen LogP contribution in [0.4, 0.5) is 5.82 Å². The molecule has 5 nitrogen and oxygen atoms in total. The maximum absolute atomic E-state index is 11.4. The van der Waals surface area contributed by atoms with E-state index in [0.717, 1.165) is 34.8 Å². The van der Waals surface area contributed by atoms with Gasteiger partial charge in [0.05, 0.1) is 11.0 Å². The molecule has 0 unspecified atom stereocenters. The van der Waals surface area contributed by atoms with Gasteiger partial charge in [0.25, 0.3) is 0 Å². The van der Waals surface area contributed by atoms with E-state index in [-0.39, 0.29) is 5.82 Å². The summed E-state index contributed by atoms with van der Waals surface area (Å²) in [5.41, 5.74) is 7.24. The Bertz CT molecular complexity index is 785. The van der Waals surface area contributed by atoms with E-state index in [1.165, 1.54) is 0 Å². The van der Waals surface area contributed by atoms with Crippen LogP contribution in [0, 0.1) is 0 Å². The third-order valence-electron chi connectivity index (χ3n) is 3.15. The number of nitrogens with one attached hydrogen (secondary N) is 1. The normalized spacial score (nSPS) is 11.4. The molecule has 0 fully saturated rings. The fourth-order valence-corrected chi connectivity index (χ4v) is 2.36. The highest BCUT2D eigenvalue weighted by Crippen LogP contribution is 2.26. The highest BCUT2D eigenvalue weighted by atomic mass is 16.1. The molecule has 3 rings (SSSR count). The van der Waals surface area contributed by atoms with Gasteiger partial charge >= 0.3 is 5.69 Å². The molecule has 3 aromatic rings. The summed E-state index contributed by atoms with van der Waals surface area (Å²) < 4.78 is 2.17. The topological polar surface area (TPSA) is 76.7 Å². The molecule has 0 atom stereocenters. The van der Waals surface area contributed by atoms with Crippen molar-refractivity contribution in [3.63, 3.8) is 0 Å². The van der Waals surface area contributed by atoms with Gasteiger partial charge in [0.1, 0.15) is 5.82 Å². The SMILES string of the molecule is CCCn1ccc2c3[nH]c(=O)nc(N)c3ccc21. The number of aryl methyl sites for hydroxylation is 1. The Balaban J connectivity index is 2.43. The van der Waals surface area contributed by atoms with Gasteiger partial charge in [0, 0.05) is 23.5 Å². The maximum atomic E-state index is 11.4. The average molecular weight is 242 g/mol. The predicted octanol–water partition coefficient (Wildman–Crippen LogP) is 1.87. The largest absolute Gasteiger partial charge is 0.383 e. The number of hydrogen-bond donors (Lipinski definition) is 2. The summed E-state index contributed by atoms with van der Waals surface area (Å²) >= 11 is 0. The van der Waals surface area contributed by atoms with Gasteiger partial charge in [-0.3, -0.25) is 0 Å². The zero-order chi connectivity index (χ0) is 12.7. The van der Waals surface area contributed by atoms with Crippen LogP contribution in [0.25, 0.3) is 21.8 Å². The van der Waals surface area contributed by atoms with Crippen molar-refractivity contribution in [3.05, 3.63) is 34.9 Å².